The summed E-state index contributed by atoms with van der Waals surface area (Å²) < 4.78 is 0. The van der Waals surface area contributed by atoms with Crippen molar-refractivity contribution in [3.8, 4) is 5.75 Å². The van der Waals surface area contributed by atoms with Crippen LogP contribution in [-0.2, 0) is 75.2 Å². The zero-order valence-electron chi connectivity index (χ0n) is 50.8. The van der Waals surface area contributed by atoms with Crippen molar-refractivity contribution in [2.24, 2.45) is 34.8 Å². The number of aromatic nitrogens is 2. The molecule has 89 heavy (non-hydrogen) atoms. The molecular formula is C57H89N15O17. The molecule has 3 rings (SSSR count). The molecule has 0 bridgehead atoms. The summed E-state index contributed by atoms with van der Waals surface area (Å²) in [5.74, 6) is -13.5. The number of rotatable bonds is 40. The first-order valence-electron chi connectivity index (χ1n) is 29.5. The van der Waals surface area contributed by atoms with Crippen LogP contribution in [0.25, 0.3) is 0 Å². The Labute approximate surface area is 514 Å². The van der Waals surface area contributed by atoms with Crippen molar-refractivity contribution >= 4 is 76.9 Å². The average molecular weight is 1260 g/mol. The van der Waals surface area contributed by atoms with Crippen LogP contribution in [0.5, 0.6) is 5.75 Å². The van der Waals surface area contributed by atoms with Gasteiger partial charge in [-0.2, -0.15) is 0 Å². The molecule has 0 unspecified atom stereocenters. The summed E-state index contributed by atoms with van der Waals surface area (Å²) in [6.45, 7) is 8.28. The summed E-state index contributed by atoms with van der Waals surface area (Å²) in [6, 6.07) is -9.18. The molecule has 0 saturated carbocycles. The van der Waals surface area contributed by atoms with Crippen molar-refractivity contribution in [3.63, 3.8) is 0 Å². The van der Waals surface area contributed by atoms with E-state index < -0.39 is 169 Å². The fraction of sp³-hybridized carbons (Fsp3) is 0.614. The monoisotopic (exact) mass is 1260 g/mol. The van der Waals surface area contributed by atoms with Crippen LogP contribution in [-0.4, -0.2) is 192 Å². The van der Waals surface area contributed by atoms with E-state index >= 15 is 0 Å². The summed E-state index contributed by atoms with van der Waals surface area (Å²) in [7, 11) is 0. The number of H-pyrrole nitrogens is 1. The number of hydrogen-bond donors (Lipinski definition) is 17. The first-order valence-corrected chi connectivity index (χ1v) is 29.5. The highest BCUT2D eigenvalue weighted by molar-refractivity contribution is 5.99. The average Bonchev–Trinajstić information content (AvgIpc) is 3.30. The second kappa shape index (κ2) is 37.2. The number of nitrogens with zero attached hydrogens (tertiary/aromatic N) is 2. The van der Waals surface area contributed by atoms with E-state index in [0.717, 1.165) is 11.8 Å². The Balaban J connectivity index is 1.93. The number of carboxylic acids is 2. The number of likely N-dealkylation sites (tertiary alicyclic amines) is 1. The predicted molar refractivity (Wildman–Crippen MR) is 317 cm³/mol. The lowest BCUT2D eigenvalue weighted by Gasteiger charge is -2.30. The quantitative estimate of drug-likeness (QED) is 0.0284. The Morgan fingerprint density at radius 3 is 1.56 bits per heavy atom. The molecule has 21 N–H and O–H groups in total. The number of nitrogens with two attached hydrogens (primary N) is 4. The second-order valence-corrected chi connectivity index (χ2v) is 22.9. The number of phenolic OH excluding ortho intramolecular Hbond substituents is 1. The number of aliphatic carboxylic acids is 2. The van der Waals surface area contributed by atoms with Crippen LogP contribution in [0, 0.1) is 11.8 Å². The molecule has 1 fully saturated rings. The van der Waals surface area contributed by atoms with Crippen molar-refractivity contribution < 1.29 is 82.8 Å². The predicted octanol–water partition coefficient (Wildman–Crippen LogP) is -3.82. The number of carboxylic acid groups (broad SMARTS) is 2. The van der Waals surface area contributed by atoms with Crippen LogP contribution in [0.2, 0.25) is 0 Å². The number of unbranched alkanes of at least 4 members (excludes halogenated alkanes) is 1. The molecular weight excluding hydrogens is 1170 g/mol. The Bertz CT molecular complexity index is 2750. The van der Waals surface area contributed by atoms with Gasteiger partial charge in [0.25, 0.3) is 0 Å². The number of benzene rings is 1. The number of carbonyl (C=O) groups excluding carboxylic acids is 11. The number of phenols is 1. The van der Waals surface area contributed by atoms with Gasteiger partial charge in [0.1, 0.15) is 60.1 Å². The molecule has 32 heteroatoms. The van der Waals surface area contributed by atoms with Gasteiger partial charge in [0.15, 0.2) is 0 Å². The lowest BCUT2D eigenvalue weighted by atomic mass is 10.00. The van der Waals surface area contributed by atoms with Gasteiger partial charge in [-0.1, -0.05) is 39.8 Å². The van der Waals surface area contributed by atoms with Gasteiger partial charge >= 0.3 is 11.9 Å². The minimum atomic E-state index is -1.83. The van der Waals surface area contributed by atoms with Gasteiger partial charge in [0.05, 0.1) is 24.2 Å². The Morgan fingerprint density at radius 1 is 0.596 bits per heavy atom. The molecule has 1 aliphatic rings. The van der Waals surface area contributed by atoms with E-state index in [4.69, 9.17) is 22.9 Å². The molecule has 32 nitrogen and oxygen atoms in total. The van der Waals surface area contributed by atoms with Gasteiger partial charge in [-0.15, -0.1) is 0 Å². The maximum atomic E-state index is 14.5. The van der Waals surface area contributed by atoms with E-state index in [1.54, 1.807) is 27.7 Å². The van der Waals surface area contributed by atoms with Crippen LogP contribution < -0.4 is 65.5 Å². The third kappa shape index (κ3) is 26.2. The second-order valence-electron chi connectivity index (χ2n) is 22.9. The molecule has 0 spiro atoms. The van der Waals surface area contributed by atoms with Crippen LogP contribution in [0.15, 0.2) is 36.8 Å². The number of imidazole rings is 1. The number of aromatic amines is 1. The fourth-order valence-corrected chi connectivity index (χ4v) is 9.63. The minimum absolute atomic E-state index is 0.0422. The zero-order valence-corrected chi connectivity index (χ0v) is 50.8. The van der Waals surface area contributed by atoms with Crippen molar-refractivity contribution in [2.45, 2.75) is 197 Å². The normalized spacial score (nSPS) is 16.3. The smallest absolute Gasteiger partial charge is 0.326 e. The molecule has 11 atom stereocenters. The van der Waals surface area contributed by atoms with Crippen LogP contribution in [0.3, 0.4) is 0 Å². The molecule has 1 aromatic carbocycles. The number of aromatic hydroxyl groups is 1. The van der Waals surface area contributed by atoms with Crippen molar-refractivity contribution in [2.75, 3.05) is 13.1 Å². The molecule has 1 aliphatic heterocycles. The van der Waals surface area contributed by atoms with Gasteiger partial charge in [-0.25, -0.2) is 9.78 Å². The largest absolute Gasteiger partial charge is 0.508 e. The number of carbonyl (C=O) groups is 13. The number of amides is 11. The molecule has 2 heterocycles. The van der Waals surface area contributed by atoms with E-state index in [0.29, 0.717) is 18.4 Å². The first kappa shape index (κ1) is 74.5. The lowest BCUT2D eigenvalue weighted by Crippen LogP contribution is -2.62. The maximum Gasteiger partial charge on any atom is 0.326 e. The van der Waals surface area contributed by atoms with Gasteiger partial charge in [-0.3, -0.25) is 57.5 Å². The number of aliphatic hydroxyl groups is 1. The standard InChI is InChI=1S/C57H89N15O17/c1-29(2)23-39(52(83)66-37(16-19-45(61)76)51(82)71-47(31(5)73)55(86)70-42(25-32-11-13-34(74)14-12-32)56(87)72-22-8-10-43(72)57(88)89)67-49(80)36(9-6-7-21-58)65-54(85)41(26-33-27-62-28-63-33)69-53(84)40(24-30(3)4)68-50(81)38(17-20-46(77)78)64-48(79)35(59)15-18-44(60)75/h11-14,27-31,35-43,47,73-74H,6-10,15-26,58-59H2,1-5H3,(H2,60,75)(H2,61,76)(H,62,63)(H,64,79)(H,65,85)(H,66,83)(H,67,80)(H,68,81)(H,69,84)(H,70,86)(H,71,82)(H,77,78)(H,88,89)/t31-,35+,36+,37+,38+,39+,40+,41+,42+,43+,47+/m1/s1. The van der Waals surface area contributed by atoms with E-state index in [9.17, 15) is 82.8 Å². The van der Waals surface area contributed by atoms with E-state index in [2.05, 4.69) is 52.5 Å². The van der Waals surface area contributed by atoms with Gasteiger partial charge < -0.3 is 95.8 Å². The Kier molecular flexibility index (Phi) is 31.1. The van der Waals surface area contributed by atoms with Crippen molar-refractivity contribution in [1.82, 2.24) is 57.4 Å². The highest BCUT2D eigenvalue weighted by Gasteiger charge is 2.41. The molecule has 1 aromatic heterocycles. The molecule has 1 saturated heterocycles. The molecule has 0 aliphatic carbocycles. The van der Waals surface area contributed by atoms with Gasteiger partial charge in [0, 0.05) is 44.8 Å². The minimum Gasteiger partial charge on any atom is -0.508 e. The highest BCUT2D eigenvalue weighted by atomic mass is 16.4. The summed E-state index contributed by atoms with van der Waals surface area (Å²) >= 11 is 0. The summed E-state index contributed by atoms with van der Waals surface area (Å²) in [6.07, 6.45) is -0.906. The molecule has 11 amide bonds. The van der Waals surface area contributed by atoms with Crippen LogP contribution in [0.4, 0.5) is 0 Å². The third-order valence-electron chi connectivity index (χ3n) is 14.4. The molecule has 494 valence electrons. The number of nitrogens with one attached hydrogen (secondary N) is 9. The van der Waals surface area contributed by atoms with E-state index in [1.165, 1.54) is 36.8 Å². The molecule has 0 radical (unpaired) electrons. The zero-order chi connectivity index (χ0) is 66.7. The van der Waals surface area contributed by atoms with Gasteiger partial charge in [0.2, 0.25) is 65.0 Å². The topological polar surface area (TPSA) is 535 Å². The maximum absolute atomic E-state index is 14.5. The lowest BCUT2D eigenvalue weighted by molar-refractivity contribution is -0.149. The number of aliphatic hydroxyl groups excluding tert-OH is 1. The van der Waals surface area contributed by atoms with E-state index in [1.807, 2.05) is 0 Å². The number of hydrogen-bond acceptors (Lipinski definition) is 18. The van der Waals surface area contributed by atoms with Gasteiger partial charge in [-0.05, 0) is 107 Å². The Hall–Kier alpha value is -8.78. The first-order chi connectivity index (χ1) is 41.9. The third-order valence-corrected chi connectivity index (χ3v) is 14.4. The van der Waals surface area contributed by atoms with Crippen molar-refractivity contribution in [1.29, 1.82) is 0 Å². The van der Waals surface area contributed by atoms with Crippen molar-refractivity contribution in [3.05, 3.63) is 48.0 Å². The molecule has 2 aromatic rings. The fourth-order valence-electron chi connectivity index (χ4n) is 9.63. The summed E-state index contributed by atoms with van der Waals surface area (Å²) in [5, 5.41) is 60.3. The summed E-state index contributed by atoms with van der Waals surface area (Å²) in [4.78, 5) is 182. The summed E-state index contributed by atoms with van der Waals surface area (Å²) in [5.41, 5.74) is 23.1. The van der Waals surface area contributed by atoms with Crippen LogP contribution in [0.1, 0.15) is 129 Å². The number of primary amides is 2. The SMILES string of the molecule is CC(C)C[C@H](NC(=O)[C@H](CCCCN)NC(=O)[C@H](Cc1c[nH]cn1)NC(=O)[C@H](CC(C)C)NC(=O)[C@H](CCC(=O)O)NC(=O)[C@@H](N)CCC(N)=O)C(=O)N[C@@H](CCC(N)=O)C(=O)N[C@H](C(=O)N[C@@H](Cc1ccc(O)cc1)C(=O)N1CCC[C@H]1C(=O)O)[C@@H](C)O. The van der Waals surface area contributed by atoms with E-state index in [-0.39, 0.29) is 94.2 Å². The highest BCUT2D eigenvalue weighted by Crippen LogP contribution is 2.21. The van der Waals surface area contributed by atoms with Crippen LogP contribution >= 0.6 is 0 Å². The Morgan fingerprint density at radius 2 is 1.07 bits per heavy atom.